The van der Waals surface area contributed by atoms with Crippen LogP contribution in [0.25, 0.3) is 0 Å². The summed E-state index contributed by atoms with van der Waals surface area (Å²) < 4.78 is 24.5. The first kappa shape index (κ1) is 13.8. The molecule has 16 heavy (non-hydrogen) atoms. The lowest BCUT2D eigenvalue weighted by Gasteiger charge is -2.34. The molecule has 0 spiro atoms. The fourth-order valence-corrected chi connectivity index (χ4v) is 2.13. The van der Waals surface area contributed by atoms with E-state index in [0.29, 0.717) is 5.92 Å². The van der Waals surface area contributed by atoms with E-state index < -0.39 is 6.43 Å². The molecule has 0 amide bonds. The van der Waals surface area contributed by atoms with Gasteiger partial charge < -0.3 is 5.32 Å². The zero-order valence-corrected chi connectivity index (χ0v) is 10.6. The van der Waals surface area contributed by atoms with Gasteiger partial charge in [0, 0.05) is 12.1 Å². The maximum atomic E-state index is 12.3. The van der Waals surface area contributed by atoms with Gasteiger partial charge in [0.05, 0.1) is 6.54 Å². The molecule has 1 rings (SSSR count). The van der Waals surface area contributed by atoms with Crippen molar-refractivity contribution >= 4 is 0 Å². The molecule has 2 nitrogen and oxygen atoms in total. The van der Waals surface area contributed by atoms with Crippen LogP contribution in [0.15, 0.2) is 0 Å². The van der Waals surface area contributed by atoms with Gasteiger partial charge in [-0.2, -0.15) is 0 Å². The molecule has 0 aromatic carbocycles. The Balaban J connectivity index is 2.27. The summed E-state index contributed by atoms with van der Waals surface area (Å²) in [4.78, 5) is 1.89. The minimum atomic E-state index is -2.20. The Labute approximate surface area is 97.4 Å². The van der Waals surface area contributed by atoms with Crippen molar-refractivity contribution in [2.45, 2.75) is 45.6 Å². The first-order valence-corrected chi connectivity index (χ1v) is 6.12. The number of rotatable bonds is 4. The van der Waals surface area contributed by atoms with Gasteiger partial charge in [0.2, 0.25) is 0 Å². The van der Waals surface area contributed by atoms with Gasteiger partial charge in [-0.1, -0.05) is 0 Å². The average Bonchev–Trinajstić information content (AvgIpc) is 2.13. The summed E-state index contributed by atoms with van der Waals surface area (Å²) in [5.41, 5.74) is 0.116. The summed E-state index contributed by atoms with van der Waals surface area (Å²) in [6, 6.07) is 0. The molecule has 0 aliphatic carbocycles. The molecule has 1 heterocycles. The van der Waals surface area contributed by atoms with Crippen molar-refractivity contribution < 1.29 is 8.78 Å². The first-order valence-electron chi connectivity index (χ1n) is 6.12. The highest BCUT2D eigenvalue weighted by molar-refractivity contribution is 4.78. The van der Waals surface area contributed by atoms with E-state index in [0.717, 1.165) is 32.5 Å². The molecule has 1 aliphatic heterocycles. The van der Waals surface area contributed by atoms with Crippen molar-refractivity contribution in [1.29, 1.82) is 0 Å². The summed E-state index contributed by atoms with van der Waals surface area (Å²) in [5, 5.41) is 3.45. The lowest BCUT2D eigenvalue weighted by Crippen LogP contribution is -2.45. The second kappa shape index (κ2) is 5.92. The number of piperidine rings is 1. The van der Waals surface area contributed by atoms with Crippen LogP contribution in [-0.2, 0) is 0 Å². The molecule has 1 aliphatic rings. The highest BCUT2D eigenvalue weighted by Gasteiger charge is 2.23. The van der Waals surface area contributed by atoms with Gasteiger partial charge in [-0.05, 0) is 52.6 Å². The van der Waals surface area contributed by atoms with E-state index in [1.165, 1.54) is 0 Å². The second-order valence-corrected chi connectivity index (χ2v) is 5.79. The van der Waals surface area contributed by atoms with Gasteiger partial charge in [-0.3, -0.25) is 4.90 Å². The zero-order chi connectivity index (χ0) is 12.2. The third-order valence-corrected chi connectivity index (χ3v) is 2.92. The molecule has 0 bridgehead atoms. The number of halogens is 2. The van der Waals surface area contributed by atoms with Crippen molar-refractivity contribution in [3.05, 3.63) is 0 Å². The lowest BCUT2D eigenvalue weighted by atomic mass is 9.96. The minimum absolute atomic E-state index is 0.0635. The Kier molecular flexibility index (Phi) is 5.12. The van der Waals surface area contributed by atoms with E-state index in [4.69, 9.17) is 0 Å². The van der Waals surface area contributed by atoms with Crippen LogP contribution in [0.4, 0.5) is 8.78 Å². The summed E-state index contributed by atoms with van der Waals surface area (Å²) in [6.45, 7) is 8.91. The predicted molar refractivity (Wildman–Crippen MR) is 62.9 cm³/mol. The smallest absolute Gasteiger partial charge is 0.251 e. The molecule has 1 N–H and O–H groups in total. The maximum Gasteiger partial charge on any atom is 0.251 e. The number of likely N-dealkylation sites (tertiary alicyclic amines) is 1. The lowest BCUT2D eigenvalue weighted by molar-refractivity contribution is 0.0637. The molecule has 0 aromatic rings. The molecule has 96 valence electrons. The highest BCUT2D eigenvalue weighted by atomic mass is 19.3. The molecular formula is C12H24F2N2. The quantitative estimate of drug-likeness (QED) is 0.803. The molecule has 0 radical (unpaired) electrons. The number of hydrogen-bond donors (Lipinski definition) is 1. The Bertz CT molecular complexity index is 202. The Morgan fingerprint density at radius 1 is 1.38 bits per heavy atom. The fourth-order valence-electron chi connectivity index (χ4n) is 2.13. The van der Waals surface area contributed by atoms with Crippen molar-refractivity contribution in [2.24, 2.45) is 5.92 Å². The highest BCUT2D eigenvalue weighted by Crippen LogP contribution is 2.17. The largest absolute Gasteiger partial charge is 0.312 e. The van der Waals surface area contributed by atoms with Crippen LogP contribution in [-0.4, -0.2) is 43.0 Å². The molecule has 0 saturated carbocycles. The Hall–Kier alpha value is -0.220. The van der Waals surface area contributed by atoms with Gasteiger partial charge in [0.1, 0.15) is 0 Å². The second-order valence-electron chi connectivity index (χ2n) is 5.79. The predicted octanol–water partition coefficient (Wildman–Crippen LogP) is 2.35. The number of nitrogens with zero attached hydrogens (tertiary/aromatic N) is 1. The standard InChI is InChI=1S/C12H24F2N2/c1-12(2,3)15-7-10-5-4-6-16(8-10)9-11(13)14/h10-11,15H,4-9H2,1-3H3. The maximum absolute atomic E-state index is 12.3. The monoisotopic (exact) mass is 234 g/mol. The van der Waals surface area contributed by atoms with Crippen molar-refractivity contribution in [2.75, 3.05) is 26.2 Å². The molecule has 1 saturated heterocycles. The van der Waals surface area contributed by atoms with Crippen LogP contribution in [0.2, 0.25) is 0 Å². The summed E-state index contributed by atoms with van der Waals surface area (Å²) >= 11 is 0. The third kappa shape index (κ3) is 5.75. The Morgan fingerprint density at radius 2 is 2.06 bits per heavy atom. The van der Waals surface area contributed by atoms with Gasteiger partial charge in [0.25, 0.3) is 6.43 Å². The molecule has 1 unspecified atom stereocenters. The van der Waals surface area contributed by atoms with Crippen LogP contribution >= 0.6 is 0 Å². The van der Waals surface area contributed by atoms with Crippen LogP contribution in [0, 0.1) is 5.92 Å². The minimum Gasteiger partial charge on any atom is -0.312 e. The molecule has 1 fully saturated rings. The summed E-state index contributed by atoms with van der Waals surface area (Å²) in [5.74, 6) is 0.520. The van der Waals surface area contributed by atoms with E-state index in [1.54, 1.807) is 0 Å². The fraction of sp³-hybridized carbons (Fsp3) is 1.00. The van der Waals surface area contributed by atoms with E-state index in [1.807, 2.05) is 4.90 Å². The van der Waals surface area contributed by atoms with Crippen molar-refractivity contribution in [1.82, 2.24) is 10.2 Å². The third-order valence-electron chi connectivity index (χ3n) is 2.92. The number of nitrogens with one attached hydrogen (secondary N) is 1. The van der Waals surface area contributed by atoms with Gasteiger partial charge in [-0.25, -0.2) is 8.78 Å². The van der Waals surface area contributed by atoms with Gasteiger partial charge in [-0.15, -0.1) is 0 Å². The number of alkyl halides is 2. The normalized spacial score (nSPS) is 24.0. The van der Waals surface area contributed by atoms with Crippen LogP contribution in [0.1, 0.15) is 33.6 Å². The Morgan fingerprint density at radius 3 is 2.62 bits per heavy atom. The van der Waals surface area contributed by atoms with Gasteiger partial charge >= 0.3 is 0 Å². The van der Waals surface area contributed by atoms with Crippen LogP contribution < -0.4 is 5.32 Å². The summed E-state index contributed by atoms with van der Waals surface area (Å²) in [7, 11) is 0. The van der Waals surface area contributed by atoms with Crippen LogP contribution in [0.5, 0.6) is 0 Å². The van der Waals surface area contributed by atoms with Crippen molar-refractivity contribution in [3.8, 4) is 0 Å². The summed E-state index contributed by atoms with van der Waals surface area (Å²) in [6.07, 6.45) is 0.000725. The van der Waals surface area contributed by atoms with E-state index in [9.17, 15) is 8.78 Å². The zero-order valence-electron chi connectivity index (χ0n) is 10.6. The van der Waals surface area contributed by atoms with E-state index >= 15 is 0 Å². The first-order chi connectivity index (χ1) is 7.37. The molecular weight excluding hydrogens is 210 g/mol. The molecule has 1 atom stereocenters. The van der Waals surface area contributed by atoms with Crippen LogP contribution in [0.3, 0.4) is 0 Å². The topological polar surface area (TPSA) is 15.3 Å². The van der Waals surface area contributed by atoms with E-state index in [2.05, 4.69) is 26.1 Å². The molecule has 4 heteroatoms. The SMILES string of the molecule is CC(C)(C)NCC1CCCN(CC(F)F)C1. The van der Waals surface area contributed by atoms with E-state index in [-0.39, 0.29) is 12.1 Å². The van der Waals surface area contributed by atoms with Gasteiger partial charge in [0.15, 0.2) is 0 Å². The number of hydrogen-bond acceptors (Lipinski definition) is 2. The average molecular weight is 234 g/mol. The van der Waals surface area contributed by atoms with Crippen molar-refractivity contribution in [3.63, 3.8) is 0 Å². The molecule has 0 aromatic heterocycles.